The molecule has 1 aromatic carbocycles. The zero-order valence-electron chi connectivity index (χ0n) is 13.3. The van der Waals surface area contributed by atoms with Crippen LogP contribution in [0, 0.1) is 11.8 Å². The van der Waals surface area contributed by atoms with E-state index in [1.54, 1.807) is 53.7 Å². The van der Waals surface area contributed by atoms with Gasteiger partial charge in [-0.2, -0.15) is 0 Å². The maximum absolute atomic E-state index is 12.6. The Labute approximate surface area is 139 Å². The molecule has 0 unspecified atom stereocenters. The molecular weight excluding hydrogens is 308 g/mol. The first-order valence-corrected chi connectivity index (χ1v) is 7.74. The van der Waals surface area contributed by atoms with E-state index < -0.39 is 11.9 Å². The number of rotatable bonds is 4. The SMILES string of the molecule is C[C@@H]1CN(C(=O)c2cccc(Oc3ccncc3)c2)C[C@H]1C(=O)O. The summed E-state index contributed by atoms with van der Waals surface area (Å²) in [5.74, 6) is -0.407. The number of carboxylic acids is 1. The Bertz CT molecular complexity index is 748. The lowest BCUT2D eigenvalue weighted by Crippen LogP contribution is -2.29. The van der Waals surface area contributed by atoms with Crippen molar-refractivity contribution in [2.75, 3.05) is 13.1 Å². The van der Waals surface area contributed by atoms with Crippen molar-refractivity contribution in [2.45, 2.75) is 6.92 Å². The Morgan fingerprint density at radius 2 is 1.92 bits per heavy atom. The minimum absolute atomic E-state index is 0.0531. The third-order valence-electron chi connectivity index (χ3n) is 4.18. The fourth-order valence-corrected chi connectivity index (χ4v) is 2.87. The van der Waals surface area contributed by atoms with Crippen molar-refractivity contribution in [3.8, 4) is 11.5 Å². The summed E-state index contributed by atoms with van der Waals surface area (Å²) in [6.45, 7) is 2.55. The van der Waals surface area contributed by atoms with Crippen molar-refractivity contribution in [2.24, 2.45) is 11.8 Å². The summed E-state index contributed by atoms with van der Waals surface area (Å²) >= 11 is 0. The molecule has 1 amide bonds. The van der Waals surface area contributed by atoms with E-state index in [4.69, 9.17) is 4.74 Å². The second kappa shape index (κ2) is 6.70. The molecule has 1 aliphatic heterocycles. The average Bonchev–Trinajstić information content (AvgIpc) is 2.97. The Balaban J connectivity index is 1.74. The van der Waals surface area contributed by atoms with Crippen molar-refractivity contribution in [1.82, 2.24) is 9.88 Å². The van der Waals surface area contributed by atoms with Gasteiger partial charge in [0.05, 0.1) is 5.92 Å². The van der Waals surface area contributed by atoms with Gasteiger partial charge in [0.1, 0.15) is 11.5 Å². The largest absolute Gasteiger partial charge is 0.481 e. The van der Waals surface area contributed by atoms with Crippen LogP contribution in [0.3, 0.4) is 0 Å². The molecule has 24 heavy (non-hydrogen) atoms. The molecule has 0 saturated carbocycles. The lowest BCUT2D eigenvalue weighted by atomic mass is 9.99. The second-order valence-electron chi connectivity index (χ2n) is 5.94. The fourth-order valence-electron chi connectivity index (χ4n) is 2.87. The molecule has 1 fully saturated rings. The maximum atomic E-state index is 12.6. The number of amides is 1. The van der Waals surface area contributed by atoms with Gasteiger partial charge in [-0.3, -0.25) is 14.6 Å². The Morgan fingerprint density at radius 3 is 2.58 bits per heavy atom. The van der Waals surface area contributed by atoms with Crippen LogP contribution in [0.2, 0.25) is 0 Å². The van der Waals surface area contributed by atoms with E-state index in [0.29, 0.717) is 23.6 Å². The van der Waals surface area contributed by atoms with Crippen molar-refractivity contribution >= 4 is 11.9 Å². The van der Waals surface area contributed by atoms with E-state index in [-0.39, 0.29) is 18.4 Å². The number of hydrogen-bond donors (Lipinski definition) is 1. The van der Waals surface area contributed by atoms with Crippen LogP contribution >= 0.6 is 0 Å². The van der Waals surface area contributed by atoms with Crippen LogP contribution in [0.4, 0.5) is 0 Å². The van der Waals surface area contributed by atoms with Crippen LogP contribution in [-0.2, 0) is 4.79 Å². The third kappa shape index (κ3) is 3.37. The highest BCUT2D eigenvalue weighted by atomic mass is 16.5. The molecule has 1 aromatic heterocycles. The highest BCUT2D eigenvalue weighted by Crippen LogP contribution is 2.26. The predicted molar refractivity (Wildman–Crippen MR) is 86.9 cm³/mol. The second-order valence-corrected chi connectivity index (χ2v) is 5.94. The third-order valence-corrected chi connectivity index (χ3v) is 4.18. The number of carbonyl (C=O) groups is 2. The molecule has 3 rings (SSSR count). The molecule has 124 valence electrons. The summed E-state index contributed by atoms with van der Waals surface area (Å²) in [4.78, 5) is 29.4. The van der Waals surface area contributed by atoms with Crippen LogP contribution < -0.4 is 4.74 Å². The highest BCUT2D eigenvalue weighted by molar-refractivity contribution is 5.95. The molecule has 1 aliphatic rings. The van der Waals surface area contributed by atoms with Gasteiger partial charge in [0, 0.05) is 31.0 Å². The van der Waals surface area contributed by atoms with Gasteiger partial charge >= 0.3 is 5.97 Å². The van der Waals surface area contributed by atoms with Crippen molar-refractivity contribution in [3.63, 3.8) is 0 Å². The molecule has 2 heterocycles. The lowest BCUT2D eigenvalue weighted by molar-refractivity contribution is -0.142. The molecule has 0 aliphatic carbocycles. The van der Waals surface area contributed by atoms with Gasteiger partial charge in [-0.05, 0) is 36.2 Å². The number of ether oxygens (including phenoxy) is 1. The quantitative estimate of drug-likeness (QED) is 0.934. The minimum Gasteiger partial charge on any atom is -0.481 e. The van der Waals surface area contributed by atoms with E-state index in [1.807, 2.05) is 6.92 Å². The maximum Gasteiger partial charge on any atom is 0.308 e. The first-order valence-electron chi connectivity index (χ1n) is 7.74. The van der Waals surface area contributed by atoms with Crippen LogP contribution in [0.5, 0.6) is 11.5 Å². The summed E-state index contributed by atoms with van der Waals surface area (Å²) in [7, 11) is 0. The number of pyridine rings is 1. The molecule has 6 heteroatoms. The van der Waals surface area contributed by atoms with Gasteiger partial charge in [-0.15, -0.1) is 0 Å². The summed E-state index contributed by atoms with van der Waals surface area (Å²) in [5.41, 5.74) is 0.486. The highest BCUT2D eigenvalue weighted by Gasteiger charge is 2.37. The molecule has 2 aromatic rings. The fraction of sp³-hybridized carbons (Fsp3) is 0.278. The van der Waals surface area contributed by atoms with Crippen LogP contribution in [0.15, 0.2) is 48.8 Å². The Kier molecular flexibility index (Phi) is 4.46. The van der Waals surface area contributed by atoms with Gasteiger partial charge in [0.2, 0.25) is 0 Å². The topological polar surface area (TPSA) is 79.7 Å². The van der Waals surface area contributed by atoms with Gasteiger partial charge in [-0.25, -0.2) is 0 Å². The zero-order valence-corrected chi connectivity index (χ0v) is 13.3. The van der Waals surface area contributed by atoms with E-state index >= 15 is 0 Å². The average molecular weight is 326 g/mol. The molecule has 1 saturated heterocycles. The number of hydrogen-bond acceptors (Lipinski definition) is 4. The zero-order chi connectivity index (χ0) is 17.1. The minimum atomic E-state index is -0.854. The summed E-state index contributed by atoms with van der Waals surface area (Å²) in [5, 5.41) is 9.20. The monoisotopic (exact) mass is 326 g/mol. The van der Waals surface area contributed by atoms with Gasteiger partial charge in [0.25, 0.3) is 5.91 Å². The van der Waals surface area contributed by atoms with Crippen molar-refractivity contribution in [3.05, 3.63) is 54.4 Å². The molecule has 1 N–H and O–H groups in total. The summed E-state index contributed by atoms with van der Waals surface area (Å²) in [6, 6.07) is 10.4. The summed E-state index contributed by atoms with van der Waals surface area (Å²) in [6.07, 6.45) is 3.25. The van der Waals surface area contributed by atoms with E-state index in [1.165, 1.54) is 0 Å². The molecule has 6 nitrogen and oxygen atoms in total. The number of nitrogens with zero attached hydrogens (tertiary/aromatic N) is 2. The number of aromatic nitrogens is 1. The standard InChI is InChI=1S/C18H18N2O4/c1-12-10-20(11-16(12)18(22)23)17(21)13-3-2-4-15(9-13)24-14-5-7-19-8-6-14/h2-9,12,16H,10-11H2,1H3,(H,22,23)/t12-,16-/m1/s1. The van der Waals surface area contributed by atoms with Gasteiger partial charge in [-0.1, -0.05) is 13.0 Å². The lowest BCUT2D eigenvalue weighted by Gasteiger charge is -2.16. The van der Waals surface area contributed by atoms with Crippen LogP contribution in [-0.4, -0.2) is 40.0 Å². The van der Waals surface area contributed by atoms with Crippen LogP contribution in [0.25, 0.3) is 0 Å². The van der Waals surface area contributed by atoms with Gasteiger partial charge in [0.15, 0.2) is 0 Å². The van der Waals surface area contributed by atoms with Crippen LogP contribution in [0.1, 0.15) is 17.3 Å². The van der Waals surface area contributed by atoms with E-state index in [0.717, 1.165) is 0 Å². The number of likely N-dealkylation sites (tertiary alicyclic amines) is 1. The van der Waals surface area contributed by atoms with E-state index in [9.17, 15) is 14.7 Å². The smallest absolute Gasteiger partial charge is 0.308 e. The first kappa shape index (κ1) is 16.0. The number of carbonyl (C=O) groups excluding carboxylic acids is 1. The molecule has 2 atom stereocenters. The molecule has 0 spiro atoms. The Hall–Kier alpha value is -2.89. The molecular formula is C18H18N2O4. The van der Waals surface area contributed by atoms with E-state index in [2.05, 4.69) is 4.98 Å². The van der Waals surface area contributed by atoms with Gasteiger partial charge < -0.3 is 14.7 Å². The normalized spacial score (nSPS) is 20.0. The number of carboxylic acid groups (broad SMARTS) is 1. The Morgan fingerprint density at radius 1 is 1.17 bits per heavy atom. The number of benzene rings is 1. The predicted octanol–water partition coefficient (Wildman–Crippen LogP) is 2.67. The number of aliphatic carboxylic acids is 1. The van der Waals surface area contributed by atoms with Crippen molar-refractivity contribution < 1.29 is 19.4 Å². The molecule has 0 radical (unpaired) electrons. The summed E-state index contributed by atoms with van der Waals surface area (Å²) < 4.78 is 5.71. The first-order chi connectivity index (χ1) is 11.5. The molecule has 0 bridgehead atoms. The van der Waals surface area contributed by atoms with Crippen molar-refractivity contribution in [1.29, 1.82) is 0 Å².